The van der Waals surface area contributed by atoms with Gasteiger partial charge in [-0.3, -0.25) is 0 Å². The molecule has 4 rings (SSSR count). The van der Waals surface area contributed by atoms with Gasteiger partial charge in [0.25, 0.3) is 0 Å². The molecule has 0 unspecified atom stereocenters. The van der Waals surface area contributed by atoms with E-state index in [0.717, 1.165) is 22.5 Å². The lowest BCUT2D eigenvalue weighted by Gasteiger charge is -2.12. The number of para-hydroxylation sites is 1. The molecule has 0 bridgehead atoms. The fraction of sp³-hybridized carbons (Fsp3) is 0.154. The lowest BCUT2D eigenvalue weighted by Crippen LogP contribution is -2.07. The van der Waals surface area contributed by atoms with Gasteiger partial charge in [0.15, 0.2) is 0 Å². The quantitative estimate of drug-likeness (QED) is 0.220. The Morgan fingerprint density at radius 1 is 0.771 bits per heavy atom. The summed E-state index contributed by atoms with van der Waals surface area (Å²) in [6.07, 6.45) is 1.63. The van der Waals surface area contributed by atoms with Crippen LogP contribution in [0.2, 0.25) is 0 Å². The van der Waals surface area contributed by atoms with Gasteiger partial charge in [-0.05, 0) is 49.7 Å². The molecule has 178 valence electrons. The van der Waals surface area contributed by atoms with Crippen molar-refractivity contribution >= 4 is 35.4 Å². The maximum Gasteiger partial charge on any atom is 0.250 e. The Balaban J connectivity index is 1.60. The zero-order chi connectivity index (χ0) is 24.6. The van der Waals surface area contributed by atoms with Crippen LogP contribution < -0.4 is 25.5 Å². The highest BCUT2D eigenvalue weighted by molar-refractivity contribution is 5.84. The van der Waals surface area contributed by atoms with Gasteiger partial charge < -0.3 is 20.1 Å². The molecule has 9 nitrogen and oxygen atoms in total. The molecule has 0 fully saturated rings. The molecule has 1 heterocycles. The van der Waals surface area contributed by atoms with E-state index in [-0.39, 0.29) is 5.95 Å². The highest BCUT2D eigenvalue weighted by Crippen LogP contribution is 2.24. The van der Waals surface area contributed by atoms with Crippen LogP contribution in [0.4, 0.5) is 29.2 Å². The Hall–Kier alpha value is -4.66. The van der Waals surface area contributed by atoms with E-state index in [1.807, 2.05) is 61.5 Å². The number of anilines is 5. The molecule has 0 saturated carbocycles. The number of hydrogen-bond donors (Lipinski definition) is 3. The summed E-state index contributed by atoms with van der Waals surface area (Å²) in [5.74, 6) is 2.36. The summed E-state index contributed by atoms with van der Waals surface area (Å²) in [6.45, 7) is 4.09. The summed E-state index contributed by atoms with van der Waals surface area (Å²) >= 11 is 0. The van der Waals surface area contributed by atoms with Crippen LogP contribution in [0, 0.1) is 13.8 Å². The number of aryl methyl sites for hydroxylation is 2. The van der Waals surface area contributed by atoms with E-state index in [1.165, 1.54) is 5.56 Å². The van der Waals surface area contributed by atoms with Gasteiger partial charge in [0, 0.05) is 23.0 Å². The predicted molar refractivity (Wildman–Crippen MR) is 140 cm³/mol. The molecule has 1 aromatic heterocycles. The summed E-state index contributed by atoms with van der Waals surface area (Å²) in [5, 5.41) is 10.8. The molecule has 4 aromatic rings. The fourth-order valence-electron chi connectivity index (χ4n) is 3.35. The fourth-order valence-corrected chi connectivity index (χ4v) is 3.35. The van der Waals surface area contributed by atoms with Crippen molar-refractivity contribution in [1.29, 1.82) is 0 Å². The second kappa shape index (κ2) is 11.0. The lowest BCUT2D eigenvalue weighted by atomic mass is 10.1. The molecule has 9 heteroatoms. The van der Waals surface area contributed by atoms with Crippen LogP contribution in [0.15, 0.2) is 71.8 Å². The molecule has 0 amide bonds. The maximum atomic E-state index is 5.42. The van der Waals surface area contributed by atoms with Crippen molar-refractivity contribution in [1.82, 2.24) is 15.0 Å². The molecule has 0 aliphatic heterocycles. The van der Waals surface area contributed by atoms with Crippen LogP contribution in [0.5, 0.6) is 11.5 Å². The van der Waals surface area contributed by atoms with Crippen LogP contribution in [0.1, 0.15) is 16.7 Å². The number of hydrogen-bond acceptors (Lipinski definition) is 9. The standard InChI is InChI=1S/C26H27N7O2/c1-17-10-13-22(18(2)14-17)29-25-30-24(28-20-8-6-5-7-9-20)31-26(32-25)33-27-16-19-11-12-21(34-3)15-23(19)35-4/h5-16H,1-4H3,(H3,28,29,30,31,32,33)/b27-16-. The smallest absolute Gasteiger partial charge is 0.250 e. The third-order valence-electron chi connectivity index (χ3n) is 5.10. The van der Waals surface area contributed by atoms with Gasteiger partial charge in [0.05, 0.1) is 20.4 Å². The first-order valence-electron chi connectivity index (χ1n) is 11.0. The Morgan fingerprint density at radius 2 is 1.51 bits per heavy atom. The Kier molecular flexibility index (Phi) is 7.37. The number of methoxy groups -OCH3 is 2. The van der Waals surface area contributed by atoms with Crippen LogP contribution in [-0.2, 0) is 0 Å². The topological polar surface area (TPSA) is 106 Å². The molecule has 0 aliphatic rings. The van der Waals surface area contributed by atoms with E-state index >= 15 is 0 Å². The summed E-state index contributed by atoms with van der Waals surface area (Å²) in [5.41, 5.74) is 7.69. The summed E-state index contributed by atoms with van der Waals surface area (Å²) in [4.78, 5) is 13.5. The number of ether oxygens (including phenoxy) is 2. The average molecular weight is 470 g/mol. The molecule has 35 heavy (non-hydrogen) atoms. The van der Waals surface area contributed by atoms with Crippen LogP contribution in [-0.4, -0.2) is 35.4 Å². The molecule has 3 aromatic carbocycles. The van der Waals surface area contributed by atoms with Crippen molar-refractivity contribution in [2.24, 2.45) is 5.10 Å². The number of nitrogens with one attached hydrogen (secondary N) is 3. The number of aromatic nitrogens is 3. The van der Waals surface area contributed by atoms with Gasteiger partial charge in [-0.1, -0.05) is 35.9 Å². The largest absolute Gasteiger partial charge is 0.497 e. The van der Waals surface area contributed by atoms with E-state index in [9.17, 15) is 0 Å². The van der Waals surface area contributed by atoms with E-state index < -0.39 is 0 Å². The molecule has 3 N–H and O–H groups in total. The first-order chi connectivity index (χ1) is 17.0. The third kappa shape index (κ3) is 6.23. The van der Waals surface area contributed by atoms with Crippen molar-refractivity contribution in [2.75, 3.05) is 30.3 Å². The van der Waals surface area contributed by atoms with Crippen LogP contribution >= 0.6 is 0 Å². The number of rotatable bonds is 9. The van der Waals surface area contributed by atoms with Crippen molar-refractivity contribution in [3.8, 4) is 11.5 Å². The van der Waals surface area contributed by atoms with E-state index in [2.05, 4.69) is 49.1 Å². The third-order valence-corrected chi connectivity index (χ3v) is 5.10. The molecular weight excluding hydrogens is 442 g/mol. The Morgan fingerprint density at radius 3 is 2.23 bits per heavy atom. The summed E-state index contributed by atoms with van der Waals surface area (Å²) in [7, 11) is 3.20. The highest BCUT2D eigenvalue weighted by Gasteiger charge is 2.09. The molecule has 0 aliphatic carbocycles. The summed E-state index contributed by atoms with van der Waals surface area (Å²) < 4.78 is 10.7. The van der Waals surface area contributed by atoms with Gasteiger partial charge in [0.1, 0.15) is 11.5 Å². The first kappa shape index (κ1) is 23.5. The SMILES string of the molecule is COc1ccc(/C=N\Nc2nc(Nc3ccccc3)nc(Nc3ccc(C)cc3C)n2)c(OC)c1. The van der Waals surface area contributed by atoms with Crippen LogP contribution in [0.25, 0.3) is 0 Å². The normalized spacial score (nSPS) is 10.7. The van der Waals surface area contributed by atoms with Crippen molar-refractivity contribution < 1.29 is 9.47 Å². The predicted octanol–water partition coefficient (Wildman–Crippen LogP) is 5.44. The van der Waals surface area contributed by atoms with Gasteiger partial charge in [-0.15, -0.1) is 0 Å². The van der Waals surface area contributed by atoms with Crippen molar-refractivity contribution in [3.63, 3.8) is 0 Å². The van der Waals surface area contributed by atoms with Gasteiger partial charge in [-0.25, -0.2) is 5.43 Å². The zero-order valence-corrected chi connectivity index (χ0v) is 20.0. The Labute approximate surface area is 204 Å². The molecule has 0 atom stereocenters. The van der Waals surface area contributed by atoms with Gasteiger partial charge in [0.2, 0.25) is 17.8 Å². The molecule has 0 spiro atoms. The Bertz CT molecular complexity index is 1330. The van der Waals surface area contributed by atoms with Crippen molar-refractivity contribution in [2.45, 2.75) is 13.8 Å². The number of nitrogens with zero attached hydrogens (tertiary/aromatic N) is 4. The van der Waals surface area contributed by atoms with Crippen LogP contribution in [0.3, 0.4) is 0 Å². The summed E-state index contributed by atoms with van der Waals surface area (Å²) in [6, 6.07) is 21.3. The second-order valence-electron chi connectivity index (χ2n) is 7.72. The first-order valence-corrected chi connectivity index (χ1v) is 11.0. The minimum Gasteiger partial charge on any atom is -0.497 e. The maximum absolute atomic E-state index is 5.42. The highest BCUT2D eigenvalue weighted by atomic mass is 16.5. The number of benzene rings is 3. The average Bonchev–Trinajstić information content (AvgIpc) is 2.86. The molecule has 0 radical (unpaired) electrons. The van der Waals surface area contributed by atoms with E-state index in [1.54, 1.807) is 26.5 Å². The van der Waals surface area contributed by atoms with E-state index in [4.69, 9.17) is 9.47 Å². The minimum atomic E-state index is 0.273. The van der Waals surface area contributed by atoms with Gasteiger partial charge in [-0.2, -0.15) is 20.1 Å². The number of hydrazone groups is 1. The monoisotopic (exact) mass is 469 g/mol. The van der Waals surface area contributed by atoms with E-state index in [0.29, 0.717) is 23.4 Å². The molecular formula is C26H27N7O2. The lowest BCUT2D eigenvalue weighted by molar-refractivity contribution is 0.394. The zero-order valence-electron chi connectivity index (χ0n) is 20.0. The minimum absolute atomic E-state index is 0.273. The molecule has 0 saturated heterocycles. The van der Waals surface area contributed by atoms with Gasteiger partial charge >= 0.3 is 0 Å². The second-order valence-corrected chi connectivity index (χ2v) is 7.72. The van der Waals surface area contributed by atoms with Crippen molar-refractivity contribution in [3.05, 3.63) is 83.4 Å².